The van der Waals surface area contributed by atoms with Gasteiger partial charge in [-0.05, 0) is 11.8 Å². The second-order valence-corrected chi connectivity index (χ2v) is 3.30. The first-order valence-electron chi connectivity index (χ1n) is 2.98. The number of halogens is 1. The SMILES string of the molecule is CC1(C)CC(N)C1O.Cl. The molecule has 2 nitrogen and oxygen atoms in total. The van der Waals surface area contributed by atoms with Crippen LogP contribution in [0.5, 0.6) is 0 Å². The monoisotopic (exact) mass is 151 g/mol. The molecule has 1 saturated carbocycles. The quantitative estimate of drug-likeness (QED) is 0.531. The van der Waals surface area contributed by atoms with Crippen molar-refractivity contribution in [3.8, 4) is 0 Å². The molecule has 1 aliphatic rings. The maximum Gasteiger partial charge on any atom is 0.0742 e. The van der Waals surface area contributed by atoms with Crippen molar-refractivity contribution in [2.45, 2.75) is 32.4 Å². The molecule has 3 N–H and O–H groups in total. The average Bonchev–Trinajstić information content (AvgIpc) is 1.65. The number of hydrogen-bond acceptors (Lipinski definition) is 2. The van der Waals surface area contributed by atoms with Crippen molar-refractivity contribution >= 4 is 12.4 Å². The zero-order valence-corrected chi connectivity index (χ0v) is 6.61. The van der Waals surface area contributed by atoms with E-state index in [2.05, 4.69) is 0 Å². The van der Waals surface area contributed by atoms with Crippen molar-refractivity contribution < 1.29 is 5.11 Å². The minimum atomic E-state index is -0.275. The van der Waals surface area contributed by atoms with Gasteiger partial charge in [0.1, 0.15) is 0 Å². The van der Waals surface area contributed by atoms with Crippen LogP contribution >= 0.6 is 12.4 Å². The van der Waals surface area contributed by atoms with Crippen LogP contribution in [0.1, 0.15) is 20.3 Å². The van der Waals surface area contributed by atoms with Crippen LogP contribution in [0.25, 0.3) is 0 Å². The number of nitrogens with two attached hydrogens (primary N) is 1. The lowest BCUT2D eigenvalue weighted by molar-refractivity contribution is -0.0590. The Hall–Kier alpha value is 0.210. The maximum absolute atomic E-state index is 9.12. The Morgan fingerprint density at radius 1 is 1.56 bits per heavy atom. The molecule has 2 unspecified atom stereocenters. The Labute approximate surface area is 61.8 Å². The molecule has 0 aromatic rings. The Morgan fingerprint density at radius 3 is 2.00 bits per heavy atom. The van der Waals surface area contributed by atoms with Crippen LogP contribution in [-0.2, 0) is 0 Å². The summed E-state index contributed by atoms with van der Waals surface area (Å²) in [5.41, 5.74) is 5.53. The van der Waals surface area contributed by atoms with Crippen molar-refractivity contribution in [3.63, 3.8) is 0 Å². The van der Waals surface area contributed by atoms with E-state index in [1.54, 1.807) is 0 Å². The highest BCUT2D eigenvalue weighted by Gasteiger charge is 2.43. The van der Waals surface area contributed by atoms with Gasteiger partial charge in [0, 0.05) is 6.04 Å². The fourth-order valence-corrected chi connectivity index (χ4v) is 1.26. The highest BCUT2D eigenvalue weighted by molar-refractivity contribution is 5.85. The molecule has 0 heterocycles. The summed E-state index contributed by atoms with van der Waals surface area (Å²) in [7, 11) is 0. The smallest absolute Gasteiger partial charge is 0.0742 e. The second-order valence-electron chi connectivity index (χ2n) is 3.30. The van der Waals surface area contributed by atoms with Gasteiger partial charge in [0.05, 0.1) is 6.10 Å². The van der Waals surface area contributed by atoms with Crippen LogP contribution < -0.4 is 5.73 Å². The summed E-state index contributed by atoms with van der Waals surface area (Å²) >= 11 is 0. The zero-order chi connectivity index (χ0) is 6.36. The van der Waals surface area contributed by atoms with Crippen molar-refractivity contribution in [2.75, 3.05) is 0 Å². The second kappa shape index (κ2) is 2.45. The van der Waals surface area contributed by atoms with Gasteiger partial charge in [0.2, 0.25) is 0 Å². The molecule has 0 radical (unpaired) electrons. The molecular weight excluding hydrogens is 138 g/mol. The van der Waals surface area contributed by atoms with Crippen LogP contribution in [0.15, 0.2) is 0 Å². The van der Waals surface area contributed by atoms with Gasteiger partial charge in [-0.15, -0.1) is 12.4 Å². The Balaban J connectivity index is 0.000000640. The fourth-order valence-electron chi connectivity index (χ4n) is 1.26. The molecule has 0 aromatic heterocycles. The largest absolute Gasteiger partial charge is 0.391 e. The summed E-state index contributed by atoms with van der Waals surface area (Å²) < 4.78 is 0. The van der Waals surface area contributed by atoms with E-state index >= 15 is 0 Å². The summed E-state index contributed by atoms with van der Waals surface area (Å²) in [4.78, 5) is 0. The number of rotatable bonds is 0. The van der Waals surface area contributed by atoms with E-state index in [-0.39, 0.29) is 30.0 Å². The molecule has 0 amide bonds. The van der Waals surface area contributed by atoms with Crippen LogP contribution in [0.4, 0.5) is 0 Å². The number of hydrogen-bond donors (Lipinski definition) is 2. The third kappa shape index (κ3) is 1.37. The van der Waals surface area contributed by atoms with Gasteiger partial charge >= 0.3 is 0 Å². The molecule has 0 spiro atoms. The van der Waals surface area contributed by atoms with Gasteiger partial charge < -0.3 is 10.8 Å². The van der Waals surface area contributed by atoms with Gasteiger partial charge in [0.15, 0.2) is 0 Å². The molecule has 1 rings (SSSR count). The Kier molecular flexibility index (Phi) is 2.50. The van der Waals surface area contributed by atoms with Crippen molar-refractivity contribution in [2.24, 2.45) is 11.1 Å². The van der Waals surface area contributed by atoms with Crippen molar-refractivity contribution in [1.82, 2.24) is 0 Å². The highest BCUT2D eigenvalue weighted by Crippen LogP contribution is 2.38. The van der Waals surface area contributed by atoms with Gasteiger partial charge in [-0.3, -0.25) is 0 Å². The lowest BCUT2D eigenvalue weighted by Crippen LogP contribution is -2.57. The molecular formula is C6H14ClNO. The van der Waals surface area contributed by atoms with Gasteiger partial charge in [0.25, 0.3) is 0 Å². The third-order valence-electron chi connectivity index (χ3n) is 1.97. The lowest BCUT2D eigenvalue weighted by atomic mass is 9.66. The Morgan fingerprint density at radius 2 is 2.00 bits per heavy atom. The van der Waals surface area contributed by atoms with E-state index in [0.717, 1.165) is 6.42 Å². The summed E-state index contributed by atoms with van der Waals surface area (Å²) in [6.45, 7) is 4.06. The van der Waals surface area contributed by atoms with Crippen LogP contribution in [0, 0.1) is 5.41 Å². The van der Waals surface area contributed by atoms with E-state index in [1.165, 1.54) is 0 Å². The fraction of sp³-hybridized carbons (Fsp3) is 1.00. The third-order valence-corrected chi connectivity index (χ3v) is 1.97. The molecule has 9 heavy (non-hydrogen) atoms. The molecule has 1 aliphatic carbocycles. The molecule has 1 fully saturated rings. The predicted molar refractivity (Wildman–Crippen MR) is 39.6 cm³/mol. The van der Waals surface area contributed by atoms with Crippen LogP contribution in [0.2, 0.25) is 0 Å². The normalized spacial score (nSPS) is 38.7. The molecule has 56 valence electrons. The van der Waals surface area contributed by atoms with Gasteiger partial charge in [-0.2, -0.15) is 0 Å². The van der Waals surface area contributed by atoms with Gasteiger partial charge in [-0.1, -0.05) is 13.8 Å². The first kappa shape index (κ1) is 9.21. The van der Waals surface area contributed by atoms with E-state index in [4.69, 9.17) is 10.8 Å². The minimum absolute atomic E-state index is 0. The molecule has 0 aromatic carbocycles. The van der Waals surface area contributed by atoms with Crippen molar-refractivity contribution in [1.29, 1.82) is 0 Å². The van der Waals surface area contributed by atoms with Crippen LogP contribution in [-0.4, -0.2) is 17.3 Å². The first-order chi connectivity index (χ1) is 3.54. The summed E-state index contributed by atoms with van der Waals surface area (Å²) in [5.74, 6) is 0. The van der Waals surface area contributed by atoms with Crippen molar-refractivity contribution in [3.05, 3.63) is 0 Å². The topological polar surface area (TPSA) is 46.2 Å². The zero-order valence-electron chi connectivity index (χ0n) is 5.79. The molecule has 3 heteroatoms. The van der Waals surface area contributed by atoms with E-state index in [9.17, 15) is 0 Å². The number of aliphatic hydroxyl groups excluding tert-OH is 1. The van der Waals surface area contributed by atoms with Crippen LogP contribution in [0.3, 0.4) is 0 Å². The average molecular weight is 152 g/mol. The summed E-state index contributed by atoms with van der Waals surface area (Å²) in [6, 6.07) is 0.0324. The lowest BCUT2D eigenvalue weighted by Gasteiger charge is -2.46. The molecule has 0 saturated heterocycles. The maximum atomic E-state index is 9.12. The van der Waals surface area contributed by atoms with E-state index < -0.39 is 0 Å². The molecule has 0 aliphatic heterocycles. The Bertz CT molecular complexity index is 105. The number of aliphatic hydroxyl groups is 1. The van der Waals surface area contributed by atoms with Gasteiger partial charge in [-0.25, -0.2) is 0 Å². The highest BCUT2D eigenvalue weighted by atomic mass is 35.5. The van der Waals surface area contributed by atoms with E-state index in [1.807, 2.05) is 13.8 Å². The minimum Gasteiger partial charge on any atom is -0.391 e. The van der Waals surface area contributed by atoms with E-state index in [0.29, 0.717) is 0 Å². The molecule has 2 atom stereocenters. The first-order valence-corrected chi connectivity index (χ1v) is 2.98. The summed E-state index contributed by atoms with van der Waals surface area (Å²) in [6.07, 6.45) is 0.677. The molecule has 0 bridgehead atoms. The standard InChI is InChI=1S/C6H13NO.ClH/c1-6(2)3-4(7)5(6)8;/h4-5,8H,3,7H2,1-2H3;1H. The predicted octanol–water partition coefficient (Wildman–Crippen LogP) is 0.526. The summed E-state index contributed by atoms with van der Waals surface area (Å²) in [5, 5.41) is 9.12.